The largest absolute Gasteiger partial charge is 0.496 e. The molecule has 0 radical (unpaired) electrons. The topological polar surface area (TPSA) is 85.4 Å². The number of rotatable bonds is 5. The molecule has 0 bridgehead atoms. The Morgan fingerprint density at radius 1 is 1.00 bits per heavy atom. The van der Waals surface area contributed by atoms with Crippen LogP contribution < -0.4 is 14.2 Å². The maximum Gasteiger partial charge on any atom is 0.267 e. The Hall–Kier alpha value is -3.55. The van der Waals surface area contributed by atoms with Gasteiger partial charge in [-0.05, 0) is 37.3 Å². The lowest BCUT2D eigenvalue weighted by molar-refractivity contribution is -0.146. The van der Waals surface area contributed by atoms with E-state index in [4.69, 9.17) is 14.2 Å². The van der Waals surface area contributed by atoms with E-state index >= 15 is 0 Å². The van der Waals surface area contributed by atoms with Crippen molar-refractivity contribution in [2.75, 3.05) is 39.9 Å². The molecule has 1 fully saturated rings. The fraction of sp³-hybridized carbons (Fsp3) is 0.375. The van der Waals surface area contributed by atoms with E-state index in [9.17, 15) is 14.4 Å². The molecule has 0 N–H and O–H groups in total. The molecule has 32 heavy (non-hydrogen) atoms. The van der Waals surface area contributed by atoms with Gasteiger partial charge in [0.2, 0.25) is 12.0 Å². The molecular weight excluding hydrogens is 412 g/mol. The SMILES string of the molecule is COc1ccc(C(C)=O)cc1CC(=O)N1CCN(C(=O)[C@H]2COc3ccccc3O2)CC1. The summed E-state index contributed by atoms with van der Waals surface area (Å²) in [6.45, 7) is 3.38. The summed E-state index contributed by atoms with van der Waals surface area (Å²) in [5.41, 5.74) is 1.22. The van der Waals surface area contributed by atoms with Crippen molar-refractivity contribution in [2.24, 2.45) is 0 Å². The van der Waals surface area contributed by atoms with Crippen LogP contribution in [0.25, 0.3) is 0 Å². The van der Waals surface area contributed by atoms with Crippen LogP contribution in [0.3, 0.4) is 0 Å². The number of nitrogens with zero attached hydrogens (tertiary/aromatic N) is 2. The second-order valence-corrected chi connectivity index (χ2v) is 7.83. The number of amides is 2. The van der Waals surface area contributed by atoms with Gasteiger partial charge in [-0.3, -0.25) is 14.4 Å². The predicted molar refractivity (Wildman–Crippen MR) is 116 cm³/mol. The van der Waals surface area contributed by atoms with E-state index in [1.165, 1.54) is 14.0 Å². The van der Waals surface area contributed by atoms with Crippen LogP contribution in [-0.2, 0) is 16.0 Å². The second kappa shape index (κ2) is 9.30. The van der Waals surface area contributed by atoms with Crippen LogP contribution in [0.2, 0.25) is 0 Å². The van der Waals surface area contributed by atoms with E-state index in [1.54, 1.807) is 34.1 Å². The van der Waals surface area contributed by atoms with Crippen LogP contribution in [0, 0.1) is 0 Å². The number of fused-ring (bicyclic) bond motifs is 1. The summed E-state index contributed by atoms with van der Waals surface area (Å²) in [6, 6.07) is 12.4. The normalized spacial score (nSPS) is 17.6. The predicted octanol–water partition coefficient (Wildman–Crippen LogP) is 1.95. The second-order valence-electron chi connectivity index (χ2n) is 7.83. The molecule has 8 heteroatoms. The molecule has 8 nitrogen and oxygen atoms in total. The third kappa shape index (κ3) is 4.54. The zero-order chi connectivity index (χ0) is 22.7. The lowest BCUT2D eigenvalue weighted by Crippen LogP contribution is -2.55. The first-order valence-electron chi connectivity index (χ1n) is 10.6. The highest BCUT2D eigenvalue weighted by Gasteiger charge is 2.33. The van der Waals surface area contributed by atoms with E-state index in [0.29, 0.717) is 54.6 Å². The van der Waals surface area contributed by atoms with E-state index in [2.05, 4.69) is 0 Å². The van der Waals surface area contributed by atoms with Gasteiger partial charge in [-0.15, -0.1) is 0 Å². The number of hydrogen-bond donors (Lipinski definition) is 0. The van der Waals surface area contributed by atoms with E-state index in [0.717, 1.165) is 0 Å². The highest BCUT2D eigenvalue weighted by molar-refractivity contribution is 5.94. The van der Waals surface area contributed by atoms with Crippen molar-refractivity contribution in [1.82, 2.24) is 9.80 Å². The summed E-state index contributed by atoms with van der Waals surface area (Å²) in [7, 11) is 1.54. The highest BCUT2D eigenvalue weighted by Crippen LogP contribution is 2.31. The molecule has 0 aromatic heterocycles. The number of ether oxygens (including phenoxy) is 3. The molecule has 2 amide bonds. The van der Waals surface area contributed by atoms with Gasteiger partial charge < -0.3 is 24.0 Å². The fourth-order valence-corrected chi connectivity index (χ4v) is 3.93. The minimum atomic E-state index is -0.689. The van der Waals surface area contributed by atoms with Gasteiger partial charge in [0.25, 0.3) is 5.91 Å². The van der Waals surface area contributed by atoms with Crippen molar-refractivity contribution in [3.05, 3.63) is 53.6 Å². The number of piperazine rings is 1. The minimum absolute atomic E-state index is 0.0648. The number of para-hydroxylation sites is 2. The standard InChI is InChI=1S/C24H26N2O6/c1-16(27)17-7-8-19(30-2)18(13-17)14-23(28)25-9-11-26(12-10-25)24(29)22-15-31-20-5-3-4-6-21(20)32-22/h3-8,13,22H,9-12,14-15H2,1-2H3/t22-/m1/s1. The molecule has 4 rings (SSSR count). The van der Waals surface area contributed by atoms with Gasteiger partial charge in [0.15, 0.2) is 17.3 Å². The van der Waals surface area contributed by atoms with Gasteiger partial charge >= 0.3 is 0 Å². The zero-order valence-corrected chi connectivity index (χ0v) is 18.2. The Morgan fingerprint density at radius 2 is 1.69 bits per heavy atom. The lowest BCUT2D eigenvalue weighted by Gasteiger charge is -2.37. The molecule has 2 aliphatic rings. The van der Waals surface area contributed by atoms with Crippen LogP contribution >= 0.6 is 0 Å². The summed E-state index contributed by atoms with van der Waals surface area (Å²) in [5.74, 6) is 1.51. The molecule has 2 aliphatic heterocycles. The monoisotopic (exact) mass is 438 g/mol. The summed E-state index contributed by atoms with van der Waals surface area (Å²) in [6.07, 6.45) is -0.556. The highest BCUT2D eigenvalue weighted by atomic mass is 16.6. The molecular formula is C24H26N2O6. The van der Waals surface area contributed by atoms with E-state index in [1.807, 2.05) is 18.2 Å². The molecule has 2 aromatic carbocycles. The van der Waals surface area contributed by atoms with Crippen LogP contribution in [0.15, 0.2) is 42.5 Å². The number of ketones is 1. The van der Waals surface area contributed by atoms with Gasteiger partial charge in [-0.25, -0.2) is 0 Å². The van der Waals surface area contributed by atoms with Crippen LogP contribution in [0.4, 0.5) is 0 Å². The number of carbonyl (C=O) groups is 3. The first-order valence-corrected chi connectivity index (χ1v) is 10.6. The Bertz CT molecular complexity index is 1030. The Labute approximate surface area is 186 Å². The molecule has 0 spiro atoms. The Morgan fingerprint density at radius 3 is 2.38 bits per heavy atom. The van der Waals surface area contributed by atoms with Gasteiger partial charge in [0.05, 0.1) is 13.5 Å². The summed E-state index contributed by atoms with van der Waals surface area (Å²) in [4.78, 5) is 40.9. The van der Waals surface area contributed by atoms with Gasteiger partial charge in [-0.2, -0.15) is 0 Å². The summed E-state index contributed by atoms with van der Waals surface area (Å²) < 4.78 is 16.8. The number of carbonyl (C=O) groups excluding carboxylic acids is 3. The first kappa shape index (κ1) is 21.7. The van der Waals surface area contributed by atoms with Crippen molar-refractivity contribution in [3.8, 4) is 17.2 Å². The molecule has 0 unspecified atom stereocenters. The number of hydrogen-bond acceptors (Lipinski definition) is 6. The van der Waals surface area contributed by atoms with Crippen molar-refractivity contribution in [1.29, 1.82) is 0 Å². The Balaban J connectivity index is 1.34. The average molecular weight is 438 g/mol. The molecule has 2 aromatic rings. The van der Waals surface area contributed by atoms with E-state index < -0.39 is 6.10 Å². The maximum atomic E-state index is 12.9. The number of methoxy groups -OCH3 is 1. The van der Waals surface area contributed by atoms with Gasteiger partial charge in [0.1, 0.15) is 12.4 Å². The minimum Gasteiger partial charge on any atom is -0.496 e. The van der Waals surface area contributed by atoms with Crippen molar-refractivity contribution in [3.63, 3.8) is 0 Å². The smallest absolute Gasteiger partial charge is 0.267 e. The number of benzene rings is 2. The summed E-state index contributed by atoms with van der Waals surface area (Å²) in [5, 5.41) is 0. The summed E-state index contributed by atoms with van der Waals surface area (Å²) >= 11 is 0. The van der Waals surface area contributed by atoms with E-state index in [-0.39, 0.29) is 30.6 Å². The van der Waals surface area contributed by atoms with Crippen LogP contribution in [0.1, 0.15) is 22.8 Å². The average Bonchev–Trinajstić information content (AvgIpc) is 2.83. The van der Waals surface area contributed by atoms with Crippen LogP contribution in [0.5, 0.6) is 17.2 Å². The van der Waals surface area contributed by atoms with Crippen molar-refractivity contribution >= 4 is 17.6 Å². The van der Waals surface area contributed by atoms with Crippen molar-refractivity contribution < 1.29 is 28.6 Å². The zero-order valence-electron chi connectivity index (χ0n) is 18.2. The third-order valence-electron chi connectivity index (χ3n) is 5.76. The third-order valence-corrected chi connectivity index (χ3v) is 5.76. The first-order chi connectivity index (χ1) is 15.5. The molecule has 0 saturated carbocycles. The Kier molecular flexibility index (Phi) is 6.30. The molecule has 168 valence electrons. The fourth-order valence-electron chi connectivity index (χ4n) is 3.93. The quantitative estimate of drug-likeness (QED) is 0.664. The van der Waals surface area contributed by atoms with Crippen LogP contribution in [-0.4, -0.2) is 73.4 Å². The van der Waals surface area contributed by atoms with Gasteiger partial charge in [0, 0.05) is 37.3 Å². The maximum absolute atomic E-state index is 12.9. The lowest BCUT2D eigenvalue weighted by atomic mass is 10.0. The molecule has 0 aliphatic carbocycles. The molecule has 1 saturated heterocycles. The number of Topliss-reactive ketones (excluding diaryl/α,β-unsaturated/α-hetero) is 1. The van der Waals surface area contributed by atoms with Gasteiger partial charge in [-0.1, -0.05) is 12.1 Å². The molecule has 2 heterocycles. The van der Waals surface area contributed by atoms with Crippen molar-refractivity contribution in [2.45, 2.75) is 19.4 Å². The molecule has 1 atom stereocenters.